The van der Waals surface area contributed by atoms with E-state index in [2.05, 4.69) is 5.32 Å². The van der Waals surface area contributed by atoms with Gasteiger partial charge in [0, 0.05) is 0 Å². The highest BCUT2D eigenvalue weighted by Crippen LogP contribution is 2.03. The first-order valence-electron chi connectivity index (χ1n) is 3.52. The maximum absolute atomic E-state index is 11.0. The van der Waals surface area contributed by atoms with Gasteiger partial charge in [-0.2, -0.15) is 0 Å². The maximum Gasteiger partial charge on any atom is 0.319 e. The zero-order valence-corrected chi connectivity index (χ0v) is 7.50. The number of carbonyl (C=O) groups is 1. The van der Waals surface area contributed by atoms with E-state index < -0.39 is 21.6 Å². The largest absolute Gasteiger partial charge is 0.480 e. The predicted molar refractivity (Wildman–Crippen MR) is 43.5 cm³/mol. The summed E-state index contributed by atoms with van der Waals surface area (Å²) in [6.45, 7) is 0.933. The second-order valence-corrected chi connectivity index (χ2v) is 4.31. The Kier molecular flexibility index (Phi) is 2.76. The zero-order valence-electron chi connectivity index (χ0n) is 6.69. The third kappa shape index (κ3) is 3.32. The van der Waals surface area contributed by atoms with Crippen LogP contribution in [0.5, 0.6) is 0 Å². The zero-order chi connectivity index (χ0) is 9.90. The molecular formula is C6H9NO5S. The van der Waals surface area contributed by atoms with Crippen molar-refractivity contribution in [1.82, 2.24) is 5.32 Å². The maximum atomic E-state index is 11.0. The summed E-state index contributed by atoms with van der Waals surface area (Å²) in [5.74, 6) is -2.18. The molecule has 1 fully saturated rings. The molecule has 0 spiro atoms. The van der Waals surface area contributed by atoms with Crippen LogP contribution in [0.2, 0.25) is 0 Å². The standard InChI is InChI=1S/C6H9NO5S/c8-6(9)4-13(10,11)3-5-7-1-2-12-5/h3,7H,1-2,4H2,(H,8,9)/b5-3-. The minimum atomic E-state index is -3.71. The fourth-order valence-electron chi connectivity index (χ4n) is 0.839. The van der Waals surface area contributed by atoms with Gasteiger partial charge in [-0.05, 0) is 0 Å². The molecule has 1 saturated heterocycles. The first-order chi connectivity index (χ1) is 5.99. The van der Waals surface area contributed by atoms with Crippen molar-refractivity contribution in [2.75, 3.05) is 18.9 Å². The molecule has 0 radical (unpaired) electrons. The van der Waals surface area contributed by atoms with Crippen molar-refractivity contribution in [1.29, 1.82) is 0 Å². The van der Waals surface area contributed by atoms with Crippen molar-refractivity contribution in [3.63, 3.8) is 0 Å². The number of ether oxygens (including phenoxy) is 1. The van der Waals surface area contributed by atoms with Gasteiger partial charge in [0.2, 0.25) is 0 Å². The summed E-state index contributed by atoms with van der Waals surface area (Å²) in [6, 6.07) is 0. The monoisotopic (exact) mass is 207 g/mol. The van der Waals surface area contributed by atoms with Crippen molar-refractivity contribution in [3.8, 4) is 0 Å². The average molecular weight is 207 g/mol. The van der Waals surface area contributed by atoms with Gasteiger partial charge in [-0.15, -0.1) is 0 Å². The number of hydrogen-bond acceptors (Lipinski definition) is 5. The third-order valence-corrected chi connectivity index (χ3v) is 2.49. The van der Waals surface area contributed by atoms with Gasteiger partial charge >= 0.3 is 5.97 Å². The molecule has 0 bridgehead atoms. The number of rotatable bonds is 3. The Morgan fingerprint density at radius 1 is 1.69 bits per heavy atom. The first-order valence-corrected chi connectivity index (χ1v) is 5.24. The second kappa shape index (κ2) is 3.65. The molecule has 0 unspecified atom stereocenters. The molecule has 0 aromatic carbocycles. The van der Waals surface area contributed by atoms with Crippen LogP contribution in [0.25, 0.3) is 0 Å². The molecular weight excluding hydrogens is 198 g/mol. The van der Waals surface area contributed by atoms with Gasteiger partial charge in [-0.1, -0.05) is 0 Å². The summed E-state index contributed by atoms with van der Waals surface area (Å²) in [4.78, 5) is 10.1. The molecule has 0 saturated carbocycles. The molecule has 1 rings (SSSR count). The lowest BCUT2D eigenvalue weighted by atomic mass is 10.7. The van der Waals surface area contributed by atoms with Crippen molar-refractivity contribution in [2.45, 2.75) is 0 Å². The fraction of sp³-hybridized carbons (Fsp3) is 0.500. The number of aliphatic carboxylic acids is 1. The van der Waals surface area contributed by atoms with E-state index in [1.807, 2.05) is 0 Å². The number of carboxylic acids is 1. The average Bonchev–Trinajstić information content (AvgIpc) is 2.34. The molecule has 2 N–H and O–H groups in total. The van der Waals surface area contributed by atoms with Gasteiger partial charge in [0.15, 0.2) is 21.5 Å². The van der Waals surface area contributed by atoms with Crippen LogP contribution in [0, 0.1) is 0 Å². The van der Waals surface area contributed by atoms with Crippen LogP contribution >= 0.6 is 0 Å². The minimum Gasteiger partial charge on any atom is -0.480 e. The topological polar surface area (TPSA) is 92.7 Å². The van der Waals surface area contributed by atoms with Crippen LogP contribution in [-0.2, 0) is 19.4 Å². The first kappa shape index (κ1) is 9.85. The predicted octanol–water partition coefficient (Wildman–Crippen LogP) is -1.10. The molecule has 13 heavy (non-hydrogen) atoms. The van der Waals surface area contributed by atoms with Crippen molar-refractivity contribution < 1.29 is 23.1 Å². The number of carboxylic acid groups (broad SMARTS) is 1. The highest BCUT2D eigenvalue weighted by Gasteiger charge is 2.16. The van der Waals surface area contributed by atoms with Crippen molar-refractivity contribution in [3.05, 3.63) is 11.3 Å². The highest BCUT2D eigenvalue weighted by molar-refractivity contribution is 7.94. The smallest absolute Gasteiger partial charge is 0.319 e. The molecule has 0 aliphatic carbocycles. The van der Waals surface area contributed by atoms with Gasteiger partial charge in [0.05, 0.1) is 12.0 Å². The van der Waals surface area contributed by atoms with Crippen LogP contribution in [0.15, 0.2) is 11.3 Å². The Labute approximate surface area is 75.1 Å². The number of sulfone groups is 1. The molecule has 74 valence electrons. The molecule has 0 atom stereocenters. The Hall–Kier alpha value is -1.24. The summed E-state index contributed by atoms with van der Waals surface area (Å²) in [5, 5.41) is 11.7. The molecule has 0 amide bonds. The van der Waals surface area contributed by atoms with Gasteiger partial charge in [0.1, 0.15) is 6.61 Å². The van der Waals surface area contributed by atoms with E-state index in [1.54, 1.807) is 0 Å². The number of nitrogens with one attached hydrogen (secondary N) is 1. The van der Waals surface area contributed by atoms with Crippen molar-refractivity contribution >= 4 is 15.8 Å². The van der Waals surface area contributed by atoms with E-state index in [4.69, 9.17) is 9.84 Å². The molecule has 1 aliphatic rings. The summed E-state index contributed by atoms with van der Waals surface area (Å²) in [7, 11) is -3.71. The van der Waals surface area contributed by atoms with Gasteiger partial charge in [0.25, 0.3) is 0 Å². The van der Waals surface area contributed by atoms with Gasteiger partial charge in [-0.3, -0.25) is 4.79 Å². The lowest BCUT2D eigenvalue weighted by Crippen LogP contribution is -2.15. The van der Waals surface area contributed by atoms with Crippen LogP contribution < -0.4 is 5.32 Å². The summed E-state index contributed by atoms with van der Waals surface area (Å²) in [6.07, 6.45) is 0. The highest BCUT2D eigenvalue weighted by atomic mass is 32.2. The minimum absolute atomic E-state index is 0.112. The molecule has 0 aromatic heterocycles. The lowest BCUT2D eigenvalue weighted by molar-refractivity contribution is -0.134. The SMILES string of the molecule is O=C(O)CS(=O)(=O)/C=C1/NCCO1. The van der Waals surface area contributed by atoms with E-state index >= 15 is 0 Å². The fourth-order valence-corrected chi connectivity index (χ4v) is 1.74. The Morgan fingerprint density at radius 2 is 2.38 bits per heavy atom. The summed E-state index contributed by atoms with van der Waals surface area (Å²) in [5.41, 5.74) is 0. The van der Waals surface area contributed by atoms with Crippen LogP contribution in [-0.4, -0.2) is 38.4 Å². The summed E-state index contributed by atoms with van der Waals surface area (Å²) >= 11 is 0. The van der Waals surface area contributed by atoms with Crippen LogP contribution in [0.1, 0.15) is 0 Å². The lowest BCUT2D eigenvalue weighted by Gasteiger charge is -1.97. The van der Waals surface area contributed by atoms with E-state index in [0.29, 0.717) is 13.2 Å². The Bertz CT molecular complexity index is 323. The van der Waals surface area contributed by atoms with Crippen LogP contribution in [0.3, 0.4) is 0 Å². The second-order valence-electron chi connectivity index (χ2n) is 2.46. The molecule has 1 aliphatic heterocycles. The number of hydrogen-bond donors (Lipinski definition) is 2. The van der Waals surface area contributed by atoms with Crippen molar-refractivity contribution in [2.24, 2.45) is 0 Å². The van der Waals surface area contributed by atoms with E-state index in [-0.39, 0.29) is 5.88 Å². The van der Waals surface area contributed by atoms with Gasteiger partial charge < -0.3 is 15.2 Å². The molecule has 1 heterocycles. The molecule has 6 nitrogen and oxygen atoms in total. The van der Waals surface area contributed by atoms with E-state index in [1.165, 1.54) is 0 Å². The summed E-state index contributed by atoms with van der Waals surface area (Å²) < 4.78 is 26.9. The van der Waals surface area contributed by atoms with Gasteiger partial charge in [-0.25, -0.2) is 8.42 Å². The Morgan fingerprint density at radius 3 is 2.85 bits per heavy atom. The molecule has 7 heteroatoms. The van der Waals surface area contributed by atoms with E-state index in [9.17, 15) is 13.2 Å². The quantitative estimate of drug-likeness (QED) is 0.610. The third-order valence-electron chi connectivity index (χ3n) is 1.27. The van der Waals surface area contributed by atoms with Crippen LogP contribution in [0.4, 0.5) is 0 Å². The molecule has 0 aromatic rings. The van der Waals surface area contributed by atoms with E-state index in [0.717, 1.165) is 5.41 Å². The normalized spacial score (nSPS) is 19.5. The Balaban J connectivity index is 2.70.